The summed E-state index contributed by atoms with van der Waals surface area (Å²) in [6.07, 6.45) is 2.76. The van der Waals surface area contributed by atoms with Crippen LogP contribution in [0.15, 0.2) is 71.3 Å². The fraction of sp³-hybridized carbons (Fsp3) is 0.136. The molecule has 1 fully saturated rings. The molecule has 0 bridgehead atoms. The average Bonchev–Trinajstić information content (AvgIpc) is 3.41. The van der Waals surface area contributed by atoms with Gasteiger partial charge in [-0.1, -0.05) is 12.1 Å². The number of para-hydroxylation sites is 2. The molecule has 1 aliphatic heterocycles. The van der Waals surface area contributed by atoms with E-state index in [-0.39, 0.29) is 23.5 Å². The minimum absolute atomic E-state index is 0.0587. The van der Waals surface area contributed by atoms with Crippen LogP contribution in [0.25, 0.3) is 0 Å². The summed E-state index contributed by atoms with van der Waals surface area (Å²) in [7, 11) is 0. The minimum atomic E-state index is -0.364. The lowest BCUT2D eigenvalue weighted by Gasteiger charge is -2.20. The van der Waals surface area contributed by atoms with Crippen molar-refractivity contribution in [2.24, 2.45) is 0 Å². The van der Waals surface area contributed by atoms with Gasteiger partial charge < -0.3 is 20.0 Å². The molecule has 7 nitrogen and oxygen atoms in total. The lowest BCUT2D eigenvalue weighted by atomic mass is 10.1. The molecule has 2 heterocycles. The molecule has 0 radical (unpaired) electrons. The van der Waals surface area contributed by atoms with Crippen molar-refractivity contribution in [3.63, 3.8) is 0 Å². The number of rotatable bonds is 5. The second-order valence-electron chi connectivity index (χ2n) is 6.63. The molecular weight excluding hydrogens is 370 g/mol. The van der Waals surface area contributed by atoms with Gasteiger partial charge >= 0.3 is 0 Å². The van der Waals surface area contributed by atoms with Gasteiger partial charge in [0.15, 0.2) is 5.76 Å². The van der Waals surface area contributed by atoms with Crippen LogP contribution in [0.2, 0.25) is 0 Å². The van der Waals surface area contributed by atoms with Gasteiger partial charge in [-0.25, -0.2) is 0 Å². The maximum Gasteiger partial charge on any atom is 0.291 e. The van der Waals surface area contributed by atoms with Gasteiger partial charge in [-0.15, -0.1) is 0 Å². The van der Waals surface area contributed by atoms with E-state index in [2.05, 4.69) is 10.6 Å². The second-order valence-corrected chi connectivity index (χ2v) is 6.63. The molecule has 7 heteroatoms. The number of carbonyl (C=O) groups excluding carboxylic acids is 3. The lowest BCUT2D eigenvalue weighted by molar-refractivity contribution is -0.117. The molecule has 1 aliphatic rings. The topological polar surface area (TPSA) is 91.7 Å². The van der Waals surface area contributed by atoms with E-state index in [9.17, 15) is 14.4 Å². The zero-order chi connectivity index (χ0) is 20.2. The van der Waals surface area contributed by atoms with Crippen molar-refractivity contribution in [1.29, 1.82) is 0 Å². The van der Waals surface area contributed by atoms with Crippen LogP contribution in [0.5, 0.6) is 0 Å². The first-order chi connectivity index (χ1) is 14.1. The van der Waals surface area contributed by atoms with E-state index in [4.69, 9.17) is 4.42 Å². The highest BCUT2D eigenvalue weighted by Gasteiger charge is 2.24. The van der Waals surface area contributed by atoms with Crippen molar-refractivity contribution >= 4 is 34.8 Å². The van der Waals surface area contributed by atoms with Gasteiger partial charge in [0, 0.05) is 24.2 Å². The van der Waals surface area contributed by atoms with E-state index in [1.807, 2.05) is 18.2 Å². The van der Waals surface area contributed by atoms with Crippen molar-refractivity contribution in [1.82, 2.24) is 0 Å². The number of benzene rings is 2. The standard InChI is InChI=1S/C22H19N3O4/c26-20-8-3-13-25(20)18-6-2-1-5-17(18)24-21(27)15-9-11-16(12-10-15)23-22(28)19-7-4-14-29-19/h1-2,4-7,9-12,14H,3,8,13H2,(H,23,28)(H,24,27). The number of furan rings is 1. The summed E-state index contributed by atoms with van der Waals surface area (Å²) >= 11 is 0. The molecule has 0 unspecified atom stereocenters. The molecule has 0 spiro atoms. The SMILES string of the molecule is O=C(Nc1ccccc1N1CCCC1=O)c1ccc(NC(=O)c2ccco2)cc1. The summed E-state index contributed by atoms with van der Waals surface area (Å²) in [5.41, 5.74) is 2.27. The van der Waals surface area contributed by atoms with E-state index in [0.717, 1.165) is 6.42 Å². The largest absolute Gasteiger partial charge is 0.459 e. The molecule has 0 atom stereocenters. The fourth-order valence-electron chi connectivity index (χ4n) is 3.22. The predicted molar refractivity (Wildman–Crippen MR) is 109 cm³/mol. The van der Waals surface area contributed by atoms with Crippen molar-refractivity contribution in [3.05, 3.63) is 78.3 Å². The number of hydrogen-bond acceptors (Lipinski definition) is 4. The molecule has 146 valence electrons. The maximum absolute atomic E-state index is 12.7. The first kappa shape index (κ1) is 18.5. The first-order valence-corrected chi connectivity index (χ1v) is 9.27. The Balaban J connectivity index is 1.45. The summed E-state index contributed by atoms with van der Waals surface area (Å²) < 4.78 is 5.05. The van der Waals surface area contributed by atoms with Crippen LogP contribution >= 0.6 is 0 Å². The molecule has 2 N–H and O–H groups in total. The number of carbonyl (C=O) groups is 3. The first-order valence-electron chi connectivity index (χ1n) is 9.27. The number of hydrogen-bond donors (Lipinski definition) is 2. The van der Waals surface area contributed by atoms with E-state index in [1.165, 1.54) is 6.26 Å². The third kappa shape index (κ3) is 4.03. The van der Waals surface area contributed by atoms with Gasteiger partial charge in [-0.3, -0.25) is 14.4 Å². The summed E-state index contributed by atoms with van der Waals surface area (Å²) in [6.45, 7) is 0.649. The van der Waals surface area contributed by atoms with Gasteiger partial charge in [0.2, 0.25) is 5.91 Å². The average molecular weight is 389 g/mol. The Bertz CT molecular complexity index is 1040. The van der Waals surface area contributed by atoms with Crippen LogP contribution in [-0.2, 0) is 4.79 Å². The molecule has 1 saturated heterocycles. The fourth-order valence-corrected chi connectivity index (χ4v) is 3.22. The molecule has 3 amide bonds. The summed E-state index contributed by atoms with van der Waals surface area (Å²) in [4.78, 5) is 38.4. The van der Waals surface area contributed by atoms with Crippen LogP contribution in [0.1, 0.15) is 33.8 Å². The Morgan fingerprint density at radius 1 is 0.897 bits per heavy atom. The molecule has 4 rings (SSSR count). The Kier molecular flexibility index (Phi) is 5.11. The van der Waals surface area contributed by atoms with Gasteiger partial charge in [-0.2, -0.15) is 0 Å². The number of amides is 3. The van der Waals surface area contributed by atoms with E-state index >= 15 is 0 Å². The van der Waals surface area contributed by atoms with Gasteiger partial charge in [0.25, 0.3) is 11.8 Å². The highest BCUT2D eigenvalue weighted by Crippen LogP contribution is 2.29. The molecule has 0 saturated carbocycles. The highest BCUT2D eigenvalue weighted by atomic mass is 16.3. The summed E-state index contributed by atoms with van der Waals surface area (Å²) in [5.74, 6) is -0.396. The van der Waals surface area contributed by atoms with Gasteiger partial charge in [0.05, 0.1) is 17.6 Å². The number of anilines is 3. The Morgan fingerprint density at radius 2 is 1.69 bits per heavy atom. The monoisotopic (exact) mass is 389 g/mol. The summed E-state index contributed by atoms with van der Waals surface area (Å²) in [6, 6.07) is 17.0. The molecule has 3 aromatic rings. The maximum atomic E-state index is 12.7. The van der Waals surface area contributed by atoms with E-state index in [0.29, 0.717) is 35.6 Å². The number of nitrogens with one attached hydrogen (secondary N) is 2. The van der Waals surface area contributed by atoms with Crippen LogP contribution in [0.4, 0.5) is 17.1 Å². The number of nitrogens with zero attached hydrogens (tertiary/aromatic N) is 1. The Labute approximate surface area is 167 Å². The predicted octanol–water partition coefficient (Wildman–Crippen LogP) is 3.91. The third-order valence-electron chi connectivity index (χ3n) is 4.67. The van der Waals surface area contributed by atoms with Crippen molar-refractivity contribution < 1.29 is 18.8 Å². The second kappa shape index (κ2) is 8.02. The summed E-state index contributed by atoms with van der Waals surface area (Å²) in [5, 5.41) is 5.57. The van der Waals surface area contributed by atoms with E-state index in [1.54, 1.807) is 47.4 Å². The highest BCUT2D eigenvalue weighted by molar-refractivity contribution is 6.08. The molecule has 29 heavy (non-hydrogen) atoms. The lowest BCUT2D eigenvalue weighted by Crippen LogP contribution is -2.25. The van der Waals surface area contributed by atoms with Gasteiger partial charge in [-0.05, 0) is 55.0 Å². The van der Waals surface area contributed by atoms with Crippen LogP contribution in [-0.4, -0.2) is 24.3 Å². The molecular formula is C22H19N3O4. The van der Waals surface area contributed by atoms with E-state index < -0.39 is 0 Å². The van der Waals surface area contributed by atoms with Crippen LogP contribution in [0.3, 0.4) is 0 Å². The molecule has 0 aliphatic carbocycles. The van der Waals surface area contributed by atoms with Crippen LogP contribution in [0, 0.1) is 0 Å². The molecule has 1 aromatic heterocycles. The normalized spacial score (nSPS) is 13.4. The van der Waals surface area contributed by atoms with Gasteiger partial charge in [0.1, 0.15) is 0 Å². The smallest absolute Gasteiger partial charge is 0.291 e. The van der Waals surface area contributed by atoms with Crippen molar-refractivity contribution in [3.8, 4) is 0 Å². The zero-order valence-corrected chi connectivity index (χ0v) is 15.6. The Hall–Kier alpha value is -3.87. The zero-order valence-electron chi connectivity index (χ0n) is 15.6. The minimum Gasteiger partial charge on any atom is -0.459 e. The van der Waals surface area contributed by atoms with Crippen molar-refractivity contribution in [2.45, 2.75) is 12.8 Å². The quantitative estimate of drug-likeness (QED) is 0.692. The third-order valence-corrected chi connectivity index (χ3v) is 4.67. The molecule has 2 aromatic carbocycles. The Morgan fingerprint density at radius 3 is 2.38 bits per heavy atom. The van der Waals surface area contributed by atoms with Crippen LogP contribution < -0.4 is 15.5 Å². The van der Waals surface area contributed by atoms with Crippen molar-refractivity contribution in [2.75, 3.05) is 22.1 Å².